The van der Waals surface area contributed by atoms with Gasteiger partial charge in [0.2, 0.25) is 0 Å². The van der Waals surface area contributed by atoms with Crippen molar-refractivity contribution in [2.75, 3.05) is 6.54 Å². The molecule has 0 unspecified atom stereocenters. The Kier molecular flexibility index (Phi) is 3.24. The molecule has 1 nitrogen and oxygen atoms in total. The number of nitrogens with one attached hydrogen (secondary N) is 1. The lowest BCUT2D eigenvalue weighted by Crippen LogP contribution is -2.31. The maximum Gasteiger partial charge on any atom is 0.0320 e. The van der Waals surface area contributed by atoms with E-state index in [2.05, 4.69) is 52.4 Å². The average molecular weight is 254 g/mol. The Morgan fingerprint density at radius 3 is 2.86 bits per heavy atom. The van der Waals surface area contributed by atoms with E-state index in [4.69, 9.17) is 0 Å². The van der Waals surface area contributed by atoms with Crippen LogP contribution in [0.3, 0.4) is 0 Å². The van der Waals surface area contributed by atoms with Crippen molar-refractivity contribution < 1.29 is 0 Å². The SMILES string of the molecule is C[C@@H]1CC[C@@H](c2cccc(Br)c2)NC1. The average Bonchev–Trinajstić information content (AvgIpc) is 2.19. The van der Waals surface area contributed by atoms with Gasteiger partial charge in [0, 0.05) is 10.5 Å². The van der Waals surface area contributed by atoms with E-state index in [0.29, 0.717) is 6.04 Å². The molecule has 1 N–H and O–H groups in total. The molecule has 1 fully saturated rings. The summed E-state index contributed by atoms with van der Waals surface area (Å²) in [5, 5.41) is 3.59. The Morgan fingerprint density at radius 2 is 2.21 bits per heavy atom. The summed E-state index contributed by atoms with van der Waals surface area (Å²) in [5.41, 5.74) is 1.41. The Bertz CT molecular complexity index is 303. The second-order valence-corrected chi connectivity index (χ2v) is 5.11. The Labute approximate surface area is 94.0 Å². The molecule has 0 radical (unpaired) electrons. The number of hydrogen-bond acceptors (Lipinski definition) is 1. The van der Waals surface area contributed by atoms with Gasteiger partial charge in [-0.3, -0.25) is 0 Å². The minimum atomic E-state index is 0.559. The first-order valence-electron chi connectivity index (χ1n) is 5.24. The summed E-state index contributed by atoms with van der Waals surface area (Å²) in [4.78, 5) is 0. The zero-order chi connectivity index (χ0) is 9.97. The standard InChI is InChI=1S/C12H16BrN/c1-9-5-6-12(14-8-9)10-3-2-4-11(13)7-10/h2-4,7,9,12,14H,5-6,8H2,1H3/t9-,12+/m1/s1. The van der Waals surface area contributed by atoms with Gasteiger partial charge in [0.25, 0.3) is 0 Å². The maximum absolute atomic E-state index is 3.59. The zero-order valence-electron chi connectivity index (χ0n) is 8.46. The van der Waals surface area contributed by atoms with E-state index in [0.717, 1.165) is 12.5 Å². The third kappa shape index (κ3) is 2.37. The lowest BCUT2D eigenvalue weighted by Gasteiger charge is -2.28. The molecule has 2 heteroatoms. The van der Waals surface area contributed by atoms with Crippen molar-refractivity contribution in [3.63, 3.8) is 0 Å². The van der Waals surface area contributed by atoms with E-state index in [-0.39, 0.29) is 0 Å². The van der Waals surface area contributed by atoms with Crippen LogP contribution >= 0.6 is 15.9 Å². The van der Waals surface area contributed by atoms with E-state index in [9.17, 15) is 0 Å². The van der Waals surface area contributed by atoms with Crippen molar-refractivity contribution in [1.82, 2.24) is 5.32 Å². The molecule has 0 amide bonds. The Balaban J connectivity index is 2.08. The molecule has 1 aliphatic heterocycles. The molecule has 0 spiro atoms. The first kappa shape index (κ1) is 10.2. The van der Waals surface area contributed by atoms with Gasteiger partial charge in [0.15, 0.2) is 0 Å². The number of rotatable bonds is 1. The van der Waals surface area contributed by atoms with Crippen molar-refractivity contribution in [2.45, 2.75) is 25.8 Å². The van der Waals surface area contributed by atoms with Crippen LogP contribution in [0.5, 0.6) is 0 Å². The highest BCUT2D eigenvalue weighted by molar-refractivity contribution is 9.10. The summed E-state index contributed by atoms with van der Waals surface area (Å²) < 4.78 is 1.18. The highest BCUT2D eigenvalue weighted by Crippen LogP contribution is 2.26. The second kappa shape index (κ2) is 4.45. The van der Waals surface area contributed by atoms with E-state index >= 15 is 0 Å². The monoisotopic (exact) mass is 253 g/mol. The molecule has 0 aliphatic carbocycles. The third-order valence-corrected chi connectivity index (χ3v) is 3.41. The fourth-order valence-electron chi connectivity index (χ4n) is 2.01. The highest BCUT2D eigenvalue weighted by Gasteiger charge is 2.18. The fraction of sp³-hybridized carbons (Fsp3) is 0.500. The Morgan fingerprint density at radius 1 is 1.36 bits per heavy atom. The lowest BCUT2D eigenvalue weighted by atomic mass is 9.92. The summed E-state index contributed by atoms with van der Waals surface area (Å²) in [7, 11) is 0. The second-order valence-electron chi connectivity index (χ2n) is 4.20. The van der Waals surface area contributed by atoms with Crippen LogP contribution in [0.2, 0.25) is 0 Å². The van der Waals surface area contributed by atoms with E-state index in [1.807, 2.05) is 0 Å². The van der Waals surface area contributed by atoms with Crippen molar-refractivity contribution in [2.24, 2.45) is 5.92 Å². The summed E-state index contributed by atoms with van der Waals surface area (Å²) in [6, 6.07) is 9.17. The maximum atomic E-state index is 3.59. The topological polar surface area (TPSA) is 12.0 Å². The number of piperidine rings is 1. The van der Waals surface area contributed by atoms with Gasteiger partial charge >= 0.3 is 0 Å². The quantitative estimate of drug-likeness (QED) is 0.808. The minimum absolute atomic E-state index is 0.559. The minimum Gasteiger partial charge on any atom is -0.310 e. The van der Waals surface area contributed by atoms with E-state index in [1.165, 1.54) is 22.9 Å². The van der Waals surface area contributed by atoms with Gasteiger partial charge in [-0.2, -0.15) is 0 Å². The molecular weight excluding hydrogens is 238 g/mol. The van der Waals surface area contributed by atoms with Gasteiger partial charge in [0.05, 0.1) is 0 Å². The van der Waals surface area contributed by atoms with Crippen LogP contribution in [0, 0.1) is 5.92 Å². The first-order chi connectivity index (χ1) is 6.75. The predicted molar refractivity (Wildman–Crippen MR) is 63.3 cm³/mol. The summed E-state index contributed by atoms with van der Waals surface area (Å²) in [6.45, 7) is 3.46. The first-order valence-corrected chi connectivity index (χ1v) is 6.04. The molecule has 0 bridgehead atoms. The third-order valence-electron chi connectivity index (χ3n) is 2.91. The molecule has 1 heterocycles. The van der Waals surface area contributed by atoms with E-state index in [1.54, 1.807) is 0 Å². The molecule has 1 aromatic carbocycles. The predicted octanol–water partition coefficient (Wildman–Crippen LogP) is 3.51. The number of benzene rings is 1. The van der Waals surface area contributed by atoms with Crippen molar-refractivity contribution >= 4 is 15.9 Å². The van der Waals surface area contributed by atoms with Crippen LogP contribution < -0.4 is 5.32 Å². The summed E-state index contributed by atoms with van der Waals surface area (Å²) in [6.07, 6.45) is 2.60. The molecule has 2 atom stereocenters. The highest BCUT2D eigenvalue weighted by atomic mass is 79.9. The van der Waals surface area contributed by atoms with Crippen molar-refractivity contribution in [1.29, 1.82) is 0 Å². The van der Waals surface area contributed by atoms with Crippen LogP contribution in [-0.4, -0.2) is 6.54 Å². The van der Waals surface area contributed by atoms with Crippen LogP contribution in [-0.2, 0) is 0 Å². The zero-order valence-corrected chi connectivity index (χ0v) is 10.0. The van der Waals surface area contributed by atoms with Crippen LogP contribution in [0.4, 0.5) is 0 Å². The van der Waals surface area contributed by atoms with Gasteiger partial charge in [-0.05, 0) is 43.0 Å². The Hall–Kier alpha value is -0.340. The molecule has 1 aliphatic rings. The number of hydrogen-bond donors (Lipinski definition) is 1. The smallest absolute Gasteiger partial charge is 0.0320 e. The molecule has 0 aromatic heterocycles. The van der Waals surface area contributed by atoms with Gasteiger partial charge in [-0.1, -0.05) is 35.0 Å². The van der Waals surface area contributed by atoms with Crippen LogP contribution in [0.1, 0.15) is 31.4 Å². The van der Waals surface area contributed by atoms with Gasteiger partial charge in [0.1, 0.15) is 0 Å². The summed E-state index contributed by atoms with van der Waals surface area (Å²) in [5.74, 6) is 0.832. The normalized spacial score (nSPS) is 27.6. The molecule has 0 saturated carbocycles. The van der Waals surface area contributed by atoms with Crippen molar-refractivity contribution in [3.8, 4) is 0 Å². The molecular formula is C12H16BrN. The molecule has 2 rings (SSSR count). The fourth-order valence-corrected chi connectivity index (χ4v) is 2.42. The number of halogens is 1. The lowest BCUT2D eigenvalue weighted by molar-refractivity contribution is 0.333. The summed E-state index contributed by atoms with van der Waals surface area (Å²) >= 11 is 3.51. The molecule has 76 valence electrons. The largest absolute Gasteiger partial charge is 0.310 e. The molecule has 14 heavy (non-hydrogen) atoms. The van der Waals surface area contributed by atoms with Gasteiger partial charge in [-0.15, -0.1) is 0 Å². The van der Waals surface area contributed by atoms with Crippen molar-refractivity contribution in [3.05, 3.63) is 34.3 Å². The van der Waals surface area contributed by atoms with Gasteiger partial charge in [-0.25, -0.2) is 0 Å². The van der Waals surface area contributed by atoms with Gasteiger partial charge < -0.3 is 5.32 Å². The van der Waals surface area contributed by atoms with Crippen LogP contribution in [0.15, 0.2) is 28.7 Å². The molecule has 1 aromatic rings. The molecule has 1 saturated heterocycles. The van der Waals surface area contributed by atoms with Crippen LogP contribution in [0.25, 0.3) is 0 Å². The van der Waals surface area contributed by atoms with E-state index < -0.39 is 0 Å².